The summed E-state index contributed by atoms with van der Waals surface area (Å²) in [6, 6.07) is 8.97. The van der Waals surface area contributed by atoms with Crippen LogP contribution in [0, 0.1) is 0 Å². The topological polar surface area (TPSA) is 89.7 Å². The van der Waals surface area contributed by atoms with E-state index in [9.17, 15) is 4.79 Å². The minimum Gasteiger partial charge on any atom is -0.346 e. The Hall–Kier alpha value is -2.71. The van der Waals surface area contributed by atoms with E-state index in [4.69, 9.17) is 0 Å². The van der Waals surface area contributed by atoms with E-state index >= 15 is 0 Å². The van der Waals surface area contributed by atoms with Gasteiger partial charge in [0.25, 0.3) is 0 Å². The third-order valence-electron chi connectivity index (χ3n) is 3.94. The summed E-state index contributed by atoms with van der Waals surface area (Å²) in [4.78, 5) is 12.6. The fraction of sp³-hybridized carbons (Fsp3) is 0.294. The van der Waals surface area contributed by atoms with Crippen LogP contribution in [0.3, 0.4) is 0 Å². The van der Waals surface area contributed by atoms with Crippen LogP contribution < -0.4 is 10.6 Å². The van der Waals surface area contributed by atoms with Gasteiger partial charge in [-0.05, 0) is 26.1 Å². The SMILES string of the molecule is CNC(C(=O)NC(C)c1cn(-c2ccccc2)nn1)c1cnn(C)c1.Cl. The van der Waals surface area contributed by atoms with Crippen LogP contribution in [-0.4, -0.2) is 37.7 Å². The number of hydrogen-bond acceptors (Lipinski definition) is 5. The molecular weight excluding hydrogens is 354 g/mol. The van der Waals surface area contributed by atoms with Crippen molar-refractivity contribution in [1.82, 2.24) is 35.4 Å². The lowest BCUT2D eigenvalue weighted by Gasteiger charge is -2.17. The third-order valence-corrected chi connectivity index (χ3v) is 3.94. The van der Waals surface area contributed by atoms with Crippen molar-refractivity contribution in [2.75, 3.05) is 7.05 Å². The molecule has 2 heterocycles. The molecule has 2 unspecified atom stereocenters. The number of halogens is 1. The molecule has 3 rings (SSSR count). The van der Waals surface area contributed by atoms with Crippen LogP contribution in [0.4, 0.5) is 0 Å². The van der Waals surface area contributed by atoms with Gasteiger partial charge in [-0.3, -0.25) is 9.48 Å². The number of rotatable bonds is 6. The second kappa shape index (κ2) is 8.59. The quantitative estimate of drug-likeness (QED) is 0.682. The van der Waals surface area contributed by atoms with Crippen molar-refractivity contribution in [1.29, 1.82) is 0 Å². The monoisotopic (exact) mass is 375 g/mol. The summed E-state index contributed by atoms with van der Waals surface area (Å²) in [7, 11) is 3.56. The Morgan fingerprint density at radius 1 is 1.19 bits per heavy atom. The third kappa shape index (κ3) is 4.27. The highest BCUT2D eigenvalue weighted by molar-refractivity contribution is 5.85. The van der Waals surface area contributed by atoms with Gasteiger partial charge in [0.15, 0.2) is 0 Å². The lowest BCUT2D eigenvalue weighted by atomic mass is 10.1. The summed E-state index contributed by atoms with van der Waals surface area (Å²) >= 11 is 0. The summed E-state index contributed by atoms with van der Waals surface area (Å²) in [5.74, 6) is -0.141. The number of carbonyl (C=O) groups is 1. The first-order chi connectivity index (χ1) is 12.1. The fourth-order valence-electron chi connectivity index (χ4n) is 2.59. The van der Waals surface area contributed by atoms with Gasteiger partial charge < -0.3 is 10.6 Å². The molecule has 9 heteroatoms. The Kier molecular flexibility index (Phi) is 6.48. The molecule has 0 radical (unpaired) electrons. The number of hydrogen-bond donors (Lipinski definition) is 2. The van der Waals surface area contributed by atoms with Crippen molar-refractivity contribution in [3.63, 3.8) is 0 Å². The van der Waals surface area contributed by atoms with Crippen LogP contribution in [0.1, 0.15) is 30.3 Å². The number of likely N-dealkylation sites (N-methyl/N-ethyl adjacent to an activating group) is 1. The molecule has 3 aromatic rings. The van der Waals surface area contributed by atoms with E-state index in [0.29, 0.717) is 5.69 Å². The Morgan fingerprint density at radius 3 is 2.54 bits per heavy atom. The molecular formula is C17H22ClN7O. The smallest absolute Gasteiger partial charge is 0.242 e. The van der Waals surface area contributed by atoms with E-state index in [0.717, 1.165) is 11.3 Å². The standard InChI is InChI=1S/C17H21N7O.ClH/c1-12(15-11-24(22-21-15)14-7-5-4-6-8-14)20-17(25)16(18-2)13-9-19-23(3)10-13;/h4-12,16,18H,1-3H3,(H,20,25);1H. The average molecular weight is 376 g/mol. The van der Waals surface area contributed by atoms with Crippen molar-refractivity contribution in [2.24, 2.45) is 7.05 Å². The van der Waals surface area contributed by atoms with Gasteiger partial charge in [0.1, 0.15) is 11.7 Å². The largest absolute Gasteiger partial charge is 0.346 e. The zero-order valence-corrected chi connectivity index (χ0v) is 15.6. The molecule has 138 valence electrons. The van der Waals surface area contributed by atoms with Crippen molar-refractivity contribution in [3.05, 3.63) is 60.2 Å². The van der Waals surface area contributed by atoms with E-state index in [1.807, 2.05) is 56.7 Å². The Bertz CT molecular complexity index is 846. The van der Waals surface area contributed by atoms with E-state index in [-0.39, 0.29) is 24.4 Å². The summed E-state index contributed by atoms with van der Waals surface area (Å²) in [6.45, 7) is 1.88. The molecule has 1 aromatic carbocycles. The first kappa shape index (κ1) is 19.6. The number of nitrogens with one attached hydrogen (secondary N) is 2. The Morgan fingerprint density at radius 2 is 1.92 bits per heavy atom. The van der Waals surface area contributed by atoms with Crippen molar-refractivity contribution in [2.45, 2.75) is 19.0 Å². The predicted molar refractivity (Wildman–Crippen MR) is 100 cm³/mol. The van der Waals surface area contributed by atoms with Crippen LogP contribution in [0.5, 0.6) is 0 Å². The highest BCUT2D eigenvalue weighted by atomic mass is 35.5. The molecule has 26 heavy (non-hydrogen) atoms. The van der Waals surface area contributed by atoms with E-state index in [1.165, 1.54) is 0 Å². The predicted octanol–water partition coefficient (Wildman–Crippen LogP) is 1.56. The number of carbonyl (C=O) groups excluding carboxylic acids is 1. The maximum atomic E-state index is 12.6. The van der Waals surface area contributed by atoms with Crippen molar-refractivity contribution in [3.8, 4) is 5.69 Å². The maximum absolute atomic E-state index is 12.6. The van der Waals surface area contributed by atoms with Crippen LogP contribution >= 0.6 is 12.4 Å². The fourth-order valence-corrected chi connectivity index (χ4v) is 2.59. The van der Waals surface area contributed by atoms with Crippen LogP contribution in [0.25, 0.3) is 5.69 Å². The van der Waals surface area contributed by atoms with Gasteiger partial charge in [-0.15, -0.1) is 17.5 Å². The number of amides is 1. The molecule has 0 saturated carbocycles. The molecule has 2 atom stereocenters. The molecule has 0 bridgehead atoms. The van der Waals surface area contributed by atoms with Crippen LogP contribution in [0.2, 0.25) is 0 Å². The second-order valence-electron chi connectivity index (χ2n) is 5.82. The molecule has 0 saturated heterocycles. The molecule has 0 aliphatic carbocycles. The summed E-state index contributed by atoms with van der Waals surface area (Å²) < 4.78 is 3.36. The molecule has 2 N–H and O–H groups in total. The first-order valence-corrected chi connectivity index (χ1v) is 8.02. The van der Waals surface area contributed by atoms with Crippen LogP contribution in [-0.2, 0) is 11.8 Å². The zero-order chi connectivity index (χ0) is 17.8. The zero-order valence-electron chi connectivity index (χ0n) is 14.8. The average Bonchev–Trinajstić information content (AvgIpc) is 3.26. The lowest BCUT2D eigenvalue weighted by Crippen LogP contribution is -2.37. The van der Waals surface area contributed by atoms with Crippen molar-refractivity contribution < 1.29 is 4.79 Å². The van der Waals surface area contributed by atoms with Gasteiger partial charge >= 0.3 is 0 Å². The van der Waals surface area contributed by atoms with Gasteiger partial charge in [0.2, 0.25) is 5.91 Å². The molecule has 0 spiro atoms. The van der Waals surface area contributed by atoms with Crippen LogP contribution in [0.15, 0.2) is 48.9 Å². The first-order valence-electron chi connectivity index (χ1n) is 8.02. The minimum atomic E-state index is -0.472. The number of aromatic nitrogens is 5. The Balaban J connectivity index is 0.00000243. The summed E-state index contributed by atoms with van der Waals surface area (Å²) in [5, 5.41) is 18.4. The molecule has 8 nitrogen and oxygen atoms in total. The normalized spacial score (nSPS) is 12.9. The van der Waals surface area contributed by atoms with Gasteiger partial charge in [-0.2, -0.15) is 5.10 Å². The highest BCUT2D eigenvalue weighted by Gasteiger charge is 2.23. The number of para-hydroxylation sites is 1. The molecule has 0 aliphatic heterocycles. The highest BCUT2D eigenvalue weighted by Crippen LogP contribution is 2.16. The summed E-state index contributed by atoms with van der Waals surface area (Å²) in [5.41, 5.74) is 2.42. The molecule has 2 aromatic heterocycles. The van der Waals surface area contributed by atoms with E-state index in [2.05, 4.69) is 26.0 Å². The molecule has 0 fully saturated rings. The number of nitrogens with zero attached hydrogens (tertiary/aromatic N) is 5. The number of benzene rings is 1. The van der Waals surface area contributed by atoms with Gasteiger partial charge in [-0.25, -0.2) is 4.68 Å². The maximum Gasteiger partial charge on any atom is 0.242 e. The van der Waals surface area contributed by atoms with Gasteiger partial charge in [0, 0.05) is 18.8 Å². The van der Waals surface area contributed by atoms with Gasteiger partial charge in [0.05, 0.1) is 24.1 Å². The van der Waals surface area contributed by atoms with E-state index < -0.39 is 6.04 Å². The molecule has 1 amide bonds. The van der Waals surface area contributed by atoms with Crippen molar-refractivity contribution >= 4 is 18.3 Å². The lowest BCUT2D eigenvalue weighted by molar-refractivity contribution is -0.123. The van der Waals surface area contributed by atoms with Gasteiger partial charge in [-0.1, -0.05) is 23.4 Å². The summed E-state index contributed by atoms with van der Waals surface area (Å²) in [6.07, 6.45) is 5.31. The second-order valence-corrected chi connectivity index (χ2v) is 5.82. The number of aryl methyl sites for hydroxylation is 1. The Labute approximate surface area is 158 Å². The minimum absolute atomic E-state index is 0. The van der Waals surface area contributed by atoms with E-state index in [1.54, 1.807) is 22.6 Å². The molecule has 0 aliphatic rings.